The van der Waals surface area contributed by atoms with E-state index in [-0.39, 0.29) is 31.1 Å². The van der Waals surface area contributed by atoms with Crippen LogP contribution in [0, 0.1) is 0 Å². The minimum Gasteiger partial charge on any atom is -0.462 e. The summed E-state index contributed by atoms with van der Waals surface area (Å²) in [6.45, 7) is 6.36. The minimum atomic E-state index is -0.801. The van der Waals surface area contributed by atoms with E-state index >= 15 is 0 Å². The van der Waals surface area contributed by atoms with Crippen molar-refractivity contribution in [2.75, 3.05) is 13.2 Å². The van der Waals surface area contributed by atoms with E-state index in [4.69, 9.17) is 14.2 Å². The van der Waals surface area contributed by atoms with E-state index in [0.29, 0.717) is 19.3 Å². The zero-order chi connectivity index (χ0) is 58.5. The van der Waals surface area contributed by atoms with Crippen molar-refractivity contribution < 1.29 is 28.6 Å². The van der Waals surface area contributed by atoms with Crippen LogP contribution in [0.5, 0.6) is 0 Å². The Morgan fingerprint density at radius 1 is 0.259 bits per heavy atom. The average molecular weight is 1120 g/mol. The van der Waals surface area contributed by atoms with Crippen molar-refractivity contribution in [1.29, 1.82) is 0 Å². The minimum absolute atomic E-state index is 0.0957. The molecule has 458 valence electrons. The second-order valence-corrected chi connectivity index (χ2v) is 21.6. The molecule has 0 spiro atoms. The van der Waals surface area contributed by atoms with E-state index in [2.05, 4.69) is 167 Å². The summed E-state index contributed by atoms with van der Waals surface area (Å²) in [6, 6.07) is 0. The molecule has 0 aliphatic heterocycles. The van der Waals surface area contributed by atoms with Crippen molar-refractivity contribution >= 4 is 17.9 Å². The number of ether oxygens (including phenoxy) is 3. The van der Waals surface area contributed by atoms with Crippen LogP contribution in [0.15, 0.2) is 146 Å². The summed E-state index contributed by atoms with van der Waals surface area (Å²) in [5.41, 5.74) is 0. The van der Waals surface area contributed by atoms with Crippen molar-refractivity contribution in [3.8, 4) is 0 Å². The first-order chi connectivity index (χ1) is 40.0. The molecular formula is C75H122O6. The van der Waals surface area contributed by atoms with Crippen LogP contribution < -0.4 is 0 Å². The number of allylic oxidation sites excluding steroid dienone is 24. The predicted molar refractivity (Wildman–Crippen MR) is 352 cm³/mol. The molecule has 0 radical (unpaired) electrons. The van der Waals surface area contributed by atoms with Crippen molar-refractivity contribution in [2.24, 2.45) is 0 Å². The Hall–Kier alpha value is -4.71. The van der Waals surface area contributed by atoms with Gasteiger partial charge in [-0.15, -0.1) is 0 Å². The molecule has 0 heterocycles. The molecule has 0 saturated heterocycles. The summed E-state index contributed by atoms with van der Waals surface area (Å²) in [7, 11) is 0. The predicted octanol–water partition coefficient (Wildman–Crippen LogP) is 23.1. The Balaban J connectivity index is 4.28. The molecule has 1 atom stereocenters. The number of rotatable bonds is 59. The fourth-order valence-corrected chi connectivity index (χ4v) is 8.88. The number of unbranched alkanes of at least 4 members (excludes halogenated alkanes) is 24. The number of carbonyl (C=O) groups excluding carboxylic acids is 3. The highest BCUT2D eigenvalue weighted by Crippen LogP contribution is 2.15. The lowest BCUT2D eigenvalue weighted by Gasteiger charge is -2.18. The van der Waals surface area contributed by atoms with Crippen molar-refractivity contribution in [3.63, 3.8) is 0 Å². The Bertz CT molecular complexity index is 1760. The van der Waals surface area contributed by atoms with E-state index < -0.39 is 6.10 Å². The van der Waals surface area contributed by atoms with Gasteiger partial charge in [0.2, 0.25) is 0 Å². The summed E-state index contributed by atoms with van der Waals surface area (Å²) < 4.78 is 16.9. The third kappa shape index (κ3) is 66.0. The van der Waals surface area contributed by atoms with Crippen LogP contribution in [0.3, 0.4) is 0 Å². The maximum atomic E-state index is 12.9. The first-order valence-corrected chi connectivity index (χ1v) is 33.3. The first-order valence-electron chi connectivity index (χ1n) is 33.3. The molecule has 0 amide bonds. The molecule has 1 unspecified atom stereocenters. The summed E-state index contributed by atoms with van der Waals surface area (Å²) in [4.78, 5) is 38.3. The van der Waals surface area contributed by atoms with E-state index in [0.717, 1.165) is 141 Å². The summed E-state index contributed by atoms with van der Waals surface area (Å²) in [5.74, 6) is -0.935. The molecule has 0 aliphatic rings. The van der Waals surface area contributed by atoms with Crippen molar-refractivity contribution in [2.45, 2.75) is 297 Å². The van der Waals surface area contributed by atoms with Gasteiger partial charge in [0.1, 0.15) is 13.2 Å². The van der Waals surface area contributed by atoms with Gasteiger partial charge in [-0.05, 0) is 141 Å². The van der Waals surface area contributed by atoms with Crippen molar-refractivity contribution in [3.05, 3.63) is 146 Å². The highest BCUT2D eigenvalue weighted by molar-refractivity contribution is 5.71. The summed E-state index contributed by atoms with van der Waals surface area (Å²) in [5, 5.41) is 0. The zero-order valence-electron chi connectivity index (χ0n) is 52.5. The van der Waals surface area contributed by atoms with Gasteiger partial charge in [-0.2, -0.15) is 0 Å². The molecule has 0 saturated carbocycles. The SMILES string of the molecule is CC/C=C\C/C=C\C/C=C\C/C=C\C/C=C\C/C=C\C/C=C\CCCCCCCCCCCCCC(=O)OCC(COC(=O)CCCCC/C=C\C/C=C\C/C=C\CC)OC(=O)CCCCCCCCC/C=C\C/C=C\CCCCC. The second-order valence-electron chi connectivity index (χ2n) is 21.6. The molecule has 0 fully saturated rings. The molecule has 81 heavy (non-hydrogen) atoms. The lowest BCUT2D eigenvalue weighted by Crippen LogP contribution is -2.30. The van der Waals surface area contributed by atoms with Crippen LogP contribution in [-0.2, 0) is 28.6 Å². The monoisotopic (exact) mass is 1120 g/mol. The third-order valence-electron chi connectivity index (χ3n) is 13.8. The van der Waals surface area contributed by atoms with Gasteiger partial charge in [0.15, 0.2) is 6.10 Å². The van der Waals surface area contributed by atoms with Gasteiger partial charge < -0.3 is 14.2 Å². The van der Waals surface area contributed by atoms with Gasteiger partial charge in [0.25, 0.3) is 0 Å². The van der Waals surface area contributed by atoms with Crippen LogP contribution in [0.4, 0.5) is 0 Å². The third-order valence-corrected chi connectivity index (χ3v) is 13.8. The number of hydrogen-bond acceptors (Lipinski definition) is 6. The number of carbonyl (C=O) groups is 3. The average Bonchev–Trinajstić information content (AvgIpc) is 3.46. The van der Waals surface area contributed by atoms with E-state index in [1.54, 1.807) is 0 Å². The van der Waals surface area contributed by atoms with Gasteiger partial charge >= 0.3 is 17.9 Å². The smallest absolute Gasteiger partial charge is 0.306 e. The number of hydrogen-bond donors (Lipinski definition) is 0. The van der Waals surface area contributed by atoms with Gasteiger partial charge in [0, 0.05) is 19.3 Å². The molecule has 0 aromatic rings. The quantitative estimate of drug-likeness (QED) is 0.0261. The van der Waals surface area contributed by atoms with Crippen LogP contribution in [0.25, 0.3) is 0 Å². The molecule has 0 rings (SSSR count). The van der Waals surface area contributed by atoms with Crippen LogP contribution >= 0.6 is 0 Å². The molecule has 0 N–H and O–H groups in total. The largest absolute Gasteiger partial charge is 0.462 e. The summed E-state index contributed by atoms with van der Waals surface area (Å²) >= 11 is 0. The normalized spacial score (nSPS) is 13.1. The zero-order valence-corrected chi connectivity index (χ0v) is 52.5. The molecular weight excluding hydrogens is 997 g/mol. The Kier molecular flexibility index (Phi) is 63.9. The van der Waals surface area contributed by atoms with Gasteiger partial charge in [-0.1, -0.05) is 276 Å². The van der Waals surface area contributed by atoms with Crippen LogP contribution in [-0.4, -0.2) is 37.2 Å². The van der Waals surface area contributed by atoms with Gasteiger partial charge in [-0.25, -0.2) is 0 Å². The Morgan fingerprint density at radius 3 is 0.765 bits per heavy atom. The first kappa shape index (κ1) is 76.3. The van der Waals surface area contributed by atoms with E-state index in [1.165, 1.54) is 109 Å². The lowest BCUT2D eigenvalue weighted by molar-refractivity contribution is -0.167. The van der Waals surface area contributed by atoms with Crippen LogP contribution in [0.2, 0.25) is 0 Å². The molecule has 0 aromatic carbocycles. The highest BCUT2D eigenvalue weighted by Gasteiger charge is 2.19. The topological polar surface area (TPSA) is 78.9 Å². The van der Waals surface area contributed by atoms with E-state index in [1.807, 2.05) is 0 Å². The lowest BCUT2D eigenvalue weighted by atomic mass is 10.0. The molecule has 6 heteroatoms. The fourth-order valence-electron chi connectivity index (χ4n) is 8.88. The second kappa shape index (κ2) is 67.8. The Labute approximate surface area is 499 Å². The molecule has 0 aromatic heterocycles. The molecule has 0 bridgehead atoms. The van der Waals surface area contributed by atoms with Gasteiger partial charge in [0.05, 0.1) is 0 Å². The van der Waals surface area contributed by atoms with Crippen LogP contribution in [0.1, 0.15) is 290 Å². The Morgan fingerprint density at radius 2 is 0.481 bits per heavy atom. The maximum absolute atomic E-state index is 12.9. The van der Waals surface area contributed by atoms with E-state index in [9.17, 15) is 14.4 Å². The summed E-state index contributed by atoms with van der Waals surface area (Å²) in [6.07, 6.45) is 97.2. The maximum Gasteiger partial charge on any atom is 0.306 e. The highest BCUT2D eigenvalue weighted by atomic mass is 16.6. The number of esters is 3. The fraction of sp³-hybridized carbons (Fsp3) is 0.640. The van der Waals surface area contributed by atoms with Crippen molar-refractivity contribution in [1.82, 2.24) is 0 Å². The molecule has 0 aliphatic carbocycles. The standard InChI is InChI=1S/C75H122O6/c1-4-7-10-13-16-19-22-25-27-29-30-31-32-33-34-35-36-37-38-39-40-41-42-43-44-46-47-50-53-56-59-62-65-68-74(77)80-71-72(70-79-73(76)67-64-61-58-55-52-49-24-21-18-15-12-9-6-3)81-75(78)69-66-63-60-57-54-51-48-45-28-26-23-20-17-14-11-8-5-2/h7,9-10,12,16-21,25-28,30-31,33-34,36-37,39-40,49,52,72H,4-6,8,11,13-15,22-24,29,32,35,38,41-48,50-51,53-71H2,1-3H3/b10-7-,12-9-,19-16-,20-17-,21-18-,27-25-,28-26-,31-30-,34-33-,37-36-,40-39-,52-49-. The molecule has 6 nitrogen and oxygen atoms in total. The van der Waals surface area contributed by atoms with Gasteiger partial charge in [-0.3, -0.25) is 14.4 Å².